The van der Waals surface area contributed by atoms with E-state index >= 15 is 0 Å². The number of anilines is 1. The number of benzene rings is 2. The molecule has 0 saturated carbocycles. The summed E-state index contributed by atoms with van der Waals surface area (Å²) < 4.78 is 26.5. The molecule has 1 aliphatic rings. The molecule has 0 radical (unpaired) electrons. The summed E-state index contributed by atoms with van der Waals surface area (Å²) in [6, 6.07) is 8.96. The van der Waals surface area contributed by atoms with Gasteiger partial charge in [0.05, 0.1) is 4.92 Å². The number of nitrogens with zero attached hydrogens (tertiary/aromatic N) is 3. The van der Waals surface area contributed by atoms with Gasteiger partial charge in [0.25, 0.3) is 11.6 Å². The number of nitro groups is 1. The van der Waals surface area contributed by atoms with E-state index in [0.29, 0.717) is 26.2 Å². The molecular formula is C17H15F2N3O3. The number of non-ortho nitro benzene ring substituents is 1. The number of rotatable bonds is 3. The van der Waals surface area contributed by atoms with E-state index < -0.39 is 22.5 Å². The maximum absolute atomic E-state index is 13.3. The molecule has 8 heteroatoms. The van der Waals surface area contributed by atoms with Crippen LogP contribution in [0, 0.1) is 21.7 Å². The smallest absolute Gasteiger partial charge is 0.269 e. The summed E-state index contributed by atoms with van der Waals surface area (Å²) in [5.74, 6) is -1.98. The summed E-state index contributed by atoms with van der Waals surface area (Å²) in [4.78, 5) is 26.1. The van der Waals surface area contributed by atoms with Gasteiger partial charge in [0.1, 0.15) is 11.6 Å². The molecule has 0 N–H and O–H groups in total. The second-order valence-corrected chi connectivity index (χ2v) is 5.71. The van der Waals surface area contributed by atoms with E-state index in [4.69, 9.17) is 0 Å². The van der Waals surface area contributed by atoms with Crippen molar-refractivity contribution in [1.82, 2.24) is 4.90 Å². The van der Waals surface area contributed by atoms with Crippen molar-refractivity contribution >= 4 is 17.3 Å². The van der Waals surface area contributed by atoms with Crippen molar-refractivity contribution in [3.05, 3.63) is 69.8 Å². The quantitative estimate of drug-likeness (QED) is 0.633. The Balaban J connectivity index is 1.65. The van der Waals surface area contributed by atoms with Gasteiger partial charge in [0.2, 0.25) is 0 Å². The van der Waals surface area contributed by atoms with E-state index in [0.717, 1.165) is 23.9 Å². The average Bonchev–Trinajstić information content (AvgIpc) is 2.60. The van der Waals surface area contributed by atoms with Gasteiger partial charge in [0, 0.05) is 55.6 Å². The Morgan fingerprint density at radius 3 is 2.04 bits per heavy atom. The molecule has 3 rings (SSSR count). The average molecular weight is 347 g/mol. The molecule has 1 heterocycles. The van der Waals surface area contributed by atoms with Crippen molar-refractivity contribution in [2.45, 2.75) is 0 Å². The minimum absolute atomic E-state index is 0.0127. The first-order valence-corrected chi connectivity index (χ1v) is 7.69. The molecule has 1 amide bonds. The maximum Gasteiger partial charge on any atom is 0.269 e. The summed E-state index contributed by atoms with van der Waals surface area (Å²) in [5, 5.41) is 10.7. The molecule has 6 nitrogen and oxygen atoms in total. The number of piperazine rings is 1. The van der Waals surface area contributed by atoms with Gasteiger partial charge in [-0.1, -0.05) is 0 Å². The molecule has 130 valence electrons. The molecule has 0 spiro atoms. The van der Waals surface area contributed by atoms with Crippen molar-refractivity contribution in [2.24, 2.45) is 0 Å². The summed E-state index contributed by atoms with van der Waals surface area (Å²) >= 11 is 0. The summed E-state index contributed by atoms with van der Waals surface area (Å²) in [6.07, 6.45) is 0. The van der Waals surface area contributed by atoms with Crippen LogP contribution in [0.5, 0.6) is 0 Å². The highest BCUT2D eigenvalue weighted by Crippen LogP contribution is 2.21. The molecule has 0 aromatic heterocycles. The van der Waals surface area contributed by atoms with Crippen LogP contribution >= 0.6 is 0 Å². The van der Waals surface area contributed by atoms with Gasteiger partial charge in [-0.3, -0.25) is 14.9 Å². The van der Waals surface area contributed by atoms with Gasteiger partial charge in [-0.2, -0.15) is 0 Å². The van der Waals surface area contributed by atoms with E-state index in [2.05, 4.69) is 0 Å². The lowest BCUT2D eigenvalue weighted by molar-refractivity contribution is -0.384. The molecule has 25 heavy (non-hydrogen) atoms. The Hall–Kier alpha value is -3.03. The predicted molar refractivity (Wildman–Crippen MR) is 87.6 cm³/mol. The van der Waals surface area contributed by atoms with Crippen molar-refractivity contribution in [1.29, 1.82) is 0 Å². The first kappa shape index (κ1) is 16.8. The van der Waals surface area contributed by atoms with Crippen LogP contribution in [-0.4, -0.2) is 41.9 Å². The molecule has 0 unspecified atom stereocenters. The van der Waals surface area contributed by atoms with Gasteiger partial charge in [0.15, 0.2) is 0 Å². The van der Waals surface area contributed by atoms with Crippen molar-refractivity contribution in [3.8, 4) is 0 Å². The Morgan fingerprint density at radius 2 is 1.52 bits per heavy atom. The van der Waals surface area contributed by atoms with Gasteiger partial charge in [-0.15, -0.1) is 0 Å². The molecule has 2 aromatic rings. The van der Waals surface area contributed by atoms with Crippen LogP contribution in [-0.2, 0) is 0 Å². The van der Waals surface area contributed by atoms with Crippen molar-refractivity contribution in [2.75, 3.05) is 31.1 Å². The van der Waals surface area contributed by atoms with Crippen LogP contribution < -0.4 is 4.90 Å². The fourth-order valence-corrected chi connectivity index (χ4v) is 2.81. The number of hydrogen-bond donors (Lipinski definition) is 0. The van der Waals surface area contributed by atoms with E-state index in [-0.39, 0.29) is 11.3 Å². The Kier molecular flexibility index (Phi) is 4.60. The first-order chi connectivity index (χ1) is 11.9. The second kappa shape index (κ2) is 6.84. The highest BCUT2D eigenvalue weighted by Gasteiger charge is 2.23. The Labute approximate surface area is 142 Å². The monoisotopic (exact) mass is 347 g/mol. The molecule has 1 saturated heterocycles. The third kappa shape index (κ3) is 3.73. The van der Waals surface area contributed by atoms with Crippen LogP contribution in [0.15, 0.2) is 42.5 Å². The fraction of sp³-hybridized carbons (Fsp3) is 0.235. The highest BCUT2D eigenvalue weighted by atomic mass is 19.1. The molecule has 0 atom stereocenters. The normalized spacial score (nSPS) is 14.5. The van der Waals surface area contributed by atoms with E-state index in [1.54, 1.807) is 12.1 Å². The van der Waals surface area contributed by atoms with Crippen LogP contribution in [0.3, 0.4) is 0 Å². The highest BCUT2D eigenvalue weighted by molar-refractivity contribution is 5.94. The molecule has 1 aliphatic heterocycles. The zero-order chi connectivity index (χ0) is 18.0. The Bertz CT molecular complexity index is 783. The largest absolute Gasteiger partial charge is 0.368 e. The number of halogens is 2. The minimum Gasteiger partial charge on any atom is -0.368 e. The van der Waals surface area contributed by atoms with Crippen LogP contribution in [0.2, 0.25) is 0 Å². The Morgan fingerprint density at radius 1 is 0.960 bits per heavy atom. The van der Waals surface area contributed by atoms with Crippen LogP contribution in [0.25, 0.3) is 0 Å². The third-order valence-electron chi connectivity index (χ3n) is 4.10. The number of carbonyl (C=O) groups excluding carboxylic acids is 1. The third-order valence-corrected chi connectivity index (χ3v) is 4.10. The van der Waals surface area contributed by atoms with E-state index in [1.807, 2.05) is 4.90 Å². The predicted octanol–water partition coefficient (Wildman–Crippen LogP) is 2.84. The van der Waals surface area contributed by atoms with Gasteiger partial charge in [-0.25, -0.2) is 8.78 Å². The molecular weight excluding hydrogens is 332 g/mol. The van der Waals surface area contributed by atoms with Crippen molar-refractivity contribution in [3.63, 3.8) is 0 Å². The lowest BCUT2D eigenvalue weighted by Crippen LogP contribution is -2.48. The topological polar surface area (TPSA) is 66.7 Å². The second-order valence-electron chi connectivity index (χ2n) is 5.71. The zero-order valence-corrected chi connectivity index (χ0v) is 13.2. The molecule has 2 aromatic carbocycles. The first-order valence-electron chi connectivity index (χ1n) is 7.69. The van der Waals surface area contributed by atoms with Crippen LogP contribution in [0.4, 0.5) is 20.2 Å². The SMILES string of the molecule is O=C(c1cc(F)cc(F)c1)N1CCN(c2ccc([N+](=O)[O-])cc2)CC1. The van der Waals surface area contributed by atoms with Crippen LogP contribution in [0.1, 0.15) is 10.4 Å². The summed E-state index contributed by atoms with van der Waals surface area (Å²) in [7, 11) is 0. The fourth-order valence-electron chi connectivity index (χ4n) is 2.81. The van der Waals surface area contributed by atoms with E-state index in [1.165, 1.54) is 17.0 Å². The molecule has 0 bridgehead atoms. The lowest BCUT2D eigenvalue weighted by atomic mass is 10.1. The molecule has 0 aliphatic carbocycles. The van der Waals surface area contributed by atoms with Gasteiger partial charge < -0.3 is 9.80 Å². The van der Waals surface area contributed by atoms with Crippen molar-refractivity contribution < 1.29 is 18.5 Å². The summed E-state index contributed by atoms with van der Waals surface area (Å²) in [5.41, 5.74) is 0.835. The van der Waals surface area contributed by atoms with Gasteiger partial charge >= 0.3 is 0 Å². The minimum atomic E-state index is -0.784. The van der Waals surface area contributed by atoms with E-state index in [9.17, 15) is 23.7 Å². The number of hydrogen-bond acceptors (Lipinski definition) is 4. The number of amides is 1. The molecule has 1 fully saturated rings. The maximum atomic E-state index is 13.3. The van der Waals surface area contributed by atoms with Gasteiger partial charge in [-0.05, 0) is 24.3 Å². The lowest BCUT2D eigenvalue weighted by Gasteiger charge is -2.36. The zero-order valence-electron chi connectivity index (χ0n) is 13.2. The summed E-state index contributed by atoms with van der Waals surface area (Å²) in [6.45, 7) is 1.85. The number of nitro benzene ring substituents is 1. The number of carbonyl (C=O) groups is 1. The standard InChI is InChI=1S/C17H15F2N3O3/c18-13-9-12(10-14(19)11-13)17(23)21-7-5-20(6-8-21)15-1-3-16(4-2-15)22(24)25/h1-4,9-11H,5-8H2.